The van der Waals surface area contributed by atoms with Crippen LogP contribution in [-0.2, 0) is 6.54 Å². The third-order valence-electron chi connectivity index (χ3n) is 7.02. The zero-order valence-corrected chi connectivity index (χ0v) is 23.0. The van der Waals surface area contributed by atoms with E-state index >= 15 is 0 Å². The SMILES string of the molecule is Cc1nc(NCc2ccc(OC(F)(F)F)cc2)nc(NC2CCC(C(C)(C)O)C2)c1-c1nc2c(N)nccc2s1. The van der Waals surface area contributed by atoms with Gasteiger partial charge in [-0.2, -0.15) is 4.98 Å². The predicted octanol–water partition coefficient (Wildman–Crippen LogP) is 5.90. The number of pyridine rings is 1. The van der Waals surface area contributed by atoms with Gasteiger partial charge >= 0.3 is 6.36 Å². The molecule has 4 aromatic rings. The summed E-state index contributed by atoms with van der Waals surface area (Å²) < 4.78 is 42.2. The first-order valence-corrected chi connectivity index (χ1v) is 13.6. The number of nitrogens with zero attached hydrogens (tertiary/aromatic N) is 4. The van der Waals surface area contributed by atoms with Gasteiger partial charge in [-0.25, -0.2) is 15.0 Å². The second kappa shape index (κ2) is 10.7. The normalized spacial score (nSPS) is 17.8. The molecule has 1 saturated carbocycles. The number of hydrogen-bond donors (Lipinski definition) is 4. The largest absolute Gasteiger partial charge is 0.573 e. The molecule has 0 radical (unpaired) electrons. The average molecular weight is 574 g/mol. The van der Waals surface area contributed by atoms with Crippen LogP contribution in [0.25, 0.3) is 20.8 Å². The van der Waals surface area contributed by atoms with E-state index in [4.69, 9.17) is 15.7 Å². The fourth-order valence-electron chi connectivity index (χ4n) is 4.93. The number of halogens is 3. The van der Waals surface area contributed by atoms with Gasteiger partial charge in [-0.3, -0.25) is 0 Å². The van der Waals surface area contributed by atoms with Crippen molar-refractivity contribution in [3.05, 3.63) is 47.8 Å². The first-order chi connectivity index (χ1) is 18.9. The van der Waals surface area contributed by atoms with Crippen molar-refractivity contribution >= 4 is 39.1 Å². The van der Waals surface area contributed by atoms with E-state index in [2.05, 4.69) is 25.3 Å². The van der Waals surface area contributed by atoms with Gasteiger partial charge in [0, 0.05) is 18.8 Å². The Morgan fingerprint density at radius 3 is 2.50 bits per heavy atom. The van der Waals surface area contributed by atoms with E-state index in [-0.39, 0.29) is 24.3 Å². The highest BCUT2D eigenvalue weighted by Gasteiger charge is 2.35. The minimum Gasteiger partial charge on any atom is -0.406 e. The van der Waals surface area contributed by atoms with Crippen molar-refractivity contribution in [3.8, 4) is 16.3 Å². The van der Waals surface area contributed by atoms with Crippen LogP contribution in [0, 0.1) is 12.8 Å². The van der Waals surface area contributed by atoms with Crippen LogP contribution in [0.3, 0.4) is 0 Å². The molecule has 5 rings (SSSR count). The summed E-state index contributed by atoms with van der Waals surface area (Å²) in [6, 6.07) is 7.58. The van der Waals surface area contributed by atoms with Crippen molar-refractivity contribution in [1.82, 2.24) is 19.9 Å². The van der Waals surface area contributed by atoms with Gasteiger partial charge in [-0.1, -0.05) is 12.1 Å². The van der Waals surface area contributed by atoms with Crippen LogP contribution in [-0.4, -0.2) is 43.0 Å². The number of aryl methyl sites for hydroxylation is 1. The molecule has 1 aliphatic rings. The van der Waals surface area contributed by atoms with Crippen LogP contribution in [0.2, 0.25) is 0 Å². The number of rotatable bonds is 8. The first kappa shape index (κ1) is 27.8. The van der Waals surface area contributed by atoms with E-state index in [1.165, 1.54) is 23.5 Å². The summed E-state index contributed by atoms with van der Waals surface area (Å²) in [5.41, 5.74) is 8.08. The van der Waals surface area contributed by atoms with Crippen LogP contribution in [0.4, 0.5) is 30.8 Å². The average Bonchev–Trinajstić information content (AvgIpc) is 3.51. The Labute approximate surface area is 233 Å². The molecule has 3 heterocycles. The number of fused-ring (bicyclic) bond motifs is 1. The number of aromatic nitrogens is 4. The van der Waals surface area contributed by atoms with Crippen molar-refractivity contribution < 1.29 is 23.0 Å². The number of benzene rings is 1. The van der Waals surface area contributed by atoms with Crippen LogP contribution < -0.4 is 21.1 Å². The number of nitrogens with two attached hydrogens (primary N) is 1. The van der Waals surface area contributed by atoms with E-state index < -0.39 is 12.0 Å². The molecule has 0 spiro atoms. The molecule has 9 nitrogen and oxygen atoms in total. The Morgan fingerprint density at radius 2 is 1.85 bits per heavy atom. The second-order valence-electron chi connectivity index (χ2n) is 10.5. The fraction of sp³-hybridized carbons (Fsp3) is 0.407. The van der Waals surface area contributed by atoms with Gasteiger partial charge in [0.1, 0.15) is 22.1 Å². The Bertz CT molecular complexity index is 1500. The van der Waals surface area contributed by atoms with Crippen molar-refractivity contribution in [2.75, 3.05) is 16.4 Å². The maximum absolute atomic E-state index is 12.5. The Morgan fingerprint density at radius 1 is 1.10 bits per heavy atom. The summed E-state index contributed by atoms with van der Waals surface area (Å²) in [5.74, 6) is 1.19. The minimum absolute atomic E-state index is 0.0969. The summed E-state index contributed by atoms with van der Waals surface area (Å²) in [6.45, 7) is 5.84. The molecule has 0 saturated heterocycles. The summed E-state index contributed by atoms with van der Waals surface area (Å²) >= 11 is 1.47. The van der Waals surface area contributed by atoms with Gasteiger partial charge in [-0.05, 0) is 69.7 Å². The highest BCUT2D eigenvalue weighted by molar-refractivity contribution is 7.21. The molecule has 5 N–H and O–H groups in total. The summed E-state index contributed by atoms with van der Waals surface area (Å²) in [7, 11) is 0. The third kappa shape index (κ3) is 6.36. The Kier molecular flexibility index (Phi) is 7.44. The van der Waals surface area contributed by atoms with E-state index in [9.17, 15) is 18.3 Å². The van der Waals surface area contributed by atoms with Crippen LogP contribution in [0.1, 0.15) is 44.4 Å². The Hall–Kier alpha value is -3.71. The van der Waals surface area contributed by atoms with Gasteiger partial charge in [0.05, 0.1) is 21.6 Å². The standard InChI is InChI=1S/C27H30F3N7O2S/c1-14-20(24-36-21-19(40-24)10-11-32-22(21)31)23(35-17-7-6-16(12-17)26(2,3)38)37-25(34-14)33-13-15-4-8-18(9-5-15)39-27(28,29)30/h4-5,8-11,16-17,38H,6-7,12-13H2,1-3H3,(H2,31,32)(H2,33,34,35,37). The number of nitrogens with one attached hydrogen (secondary N) is 2. The van der Waals surface area contributed by atoms with Crippen LogP contribution in [0.5, 0.6) is 5.75 Å². The number of thiazole rings is 1. The van der Waals surface area contributed by atoms with Crippen molar-refractivity contribution in [3.63, 3.8) is 0 Å². The first-order valence-electron chi connectivity index (χ1n) is 12.8. The molecule has 3 aromatic heterocycles. The second-order valence-corrected chi connectivity index (χ2v) is 11.5. The quantitative estimate of drug-likeness (QED) is 0.203. The summed E-state index contributed by atoms with van der Waals surface area (Å²) in [6.07, 6.45) is -0.538. The third-order valence-corrected chi connectivity index (χ3v) is 8.06. The van der Waals surface area contributed by atoms with Gasteiger partial charge < -0.3 is 26.2 Å². The molecule has 13 heteroatoms. The zero-order valence-electron chi connectivity index (χ0n) is 22.2. The molecule has 0 amide bonds. The lowest BCUT2D eigenvalue weighted by Gasteiger charge is -2.25. The van der Waals surface area contributed by atoms with Crippen molar-refractivity contribution in [2.45, 2.75) is 64.6 Å². The number of ether oxygens (including phenoxy) is 1. The van der Waals surface area contributed by atoms with Crippen LogP contribution in [0.15, 0.2) is 36.5 Å². The highest BCUT2D eigenvalue weighted by Crippen LogP contribution is 2.40. The molecule has 0 aliphatic heterocycles. The van der Waals surface area contributed by atoms with Crippen molar-refractivity contribution in [1.29, 1.82) is 0 Å². The monoisotopic (exact) mass is 573 g/mol. The van der Waals surface area contributed by atoms with Gasteiger partial charge in [-0.15, -0.1) is 24.5 Å². The minimum atomic E-state index is -4.74. The zero-order chi connectivity index (χ0) is 28.7. The predicted molar refractivity (Wildman–Crippen MR) is 149 cm³/mol. The lowest BCUT2D eigenvalue weighted by molar-refractivity contribution is -0.274. The topological polar surface area (TPSA) is 131 Å². The molecule has 1 fully saturated rings. The van der Waals surface area contributed by atoms with E-state index in [1.807, 2.05) is 26.8 Å². The molecule has 0 bridgehead atoms. The number of anilines is 3. The van der Waals surface area contributed by atoms with Crippen LogP contribution >= 0.6 is 11.3 Å². The van der Waals surface area contributed by atoms with E-state index in [0.717, 1.165) is 35.1 Å². The molecule has 2 unspecified atom stereocenters. The molecule has 40 heavy (non-hydrogen) atoms. The summed E-state index contributed by atoms with van der Waals surface area (Å²) in [4.78, 5) is 18.3. The molecular weight excluding hydrogens is 543 g/mol. The molecular formula is C27H30F3N7O2S. The van der Waals surface area contributed by atoms with E-state index in [1.54, 1.807) is 18.3 Å². The van der Waals surface area contributed by atoms with Gasteiger partial charge in [0.15, 0.2) is 5.82 Å². The number of hydrogen-bond acceptors (Lipinski definition) is 10. The van der Waals surface area contributed by atoms with Gasteiger partial charge in [0.2, 0.25) is 5.95 Å². The van der Waals surface area contributed by atoms with Crippen molar-refractivity contribution in [2.24, 2.45) is 5.92 Å². The maximum Gasteiger partial charge on any atom is 0.573 e. The number of alkyl halides is 3. The van der Waals surface area contributed by atoms with Gasteiger partial charge in [0.25, 0.3) is 0 Å². The molecule has 212 valence electrons. The fourth-order valence-corrected chi connectivity index (χ4v) is 6.00. The molecule has 1 aliphatic carbocycles. The molecule has 2 atom stereocenters. The summed E-state index contributed by atoms with van der Waals surface area (Å²) in [5, 5.41) is 18.0. The highest BCUT2D eigenvalue weighted by atomic mass is 32.1. The Balaban J connectivity index is 1.42. The number of aliphatic hydroxyl groups is 1. The molecule has 1 aromatic carbocycles. The van der Waals surface area contributed by atoms with E-state index in [0.29, 0.717) is 33.8 Å². The number of nitrogen functional groups attached to an aromatic ring is 1. The maximum atomic E-state index is 12.5. The lowest BCUT2D eigenvalue weighted by atomic mass is 9.89. The lowest BCUT2D eigenvalue weighted by Crippen LogP contribution is -2.30. The smallest absolute Gasteiger partial charge is 0.406 e.